The van der Waals surface area contributed by atoms with Gasteiger partial charge in [0, 0.05) is 31.9 Å². The minimum Gasteiger partial charge on any atom is -0.473 e. The first-order chi connectivity index (χ1) is 12.8. The second kappa shape index (κ2) is 11.6. The van der Waals surface area contributed by atoms with E-state index in [9.17, 15) is 0 Å². The lowest BCUT2D eigenvalue weighted by molar-refractivity contribution is 0.290. The van der Waals surface area contributed by atoms with Crippen molar-refractivity contribution in [3.05, 3.63) is 82.2 Å². The molecular weight excluding hydrogens is 471 g/mol. The molecule has 2 aromatic heterocycles. The molecule has 0 atom stereocenters. The number of aromatic nitrogens is 1. The van der Waals surface area contributed by atoms with Gasteiger partial charge in [-0.15, -0.1) is 24.0 Å². The highest BCUT2D eigenvalue weighted by Gasteiger charge is 2.06. The van der Waals surface area contributed by atoms with E-state index in [2.05, 4.69) is 37.4 Å². The van der Waals surface area contributed by atoms with Crippen molar-refractivity contribution in [3.8, 4) is 5.88 Å². The summed E-state index contributed by atoms with van der Waals surface area (Å²) in [5, 5.41) is 10.8. The van der Waals surface area contributed by atoms with Gasteiger partial charge in [0.2, 0.25) is 5.88 Å². The van der Waals surface area contributed by atoms with E-state index < -0.39 is 0 Å². The Balaban J connectivity index is 0.00000261. The van der Waals surface area contributed by atoms with Crippen LogP contribution in [0.3, 0.4) is 0 Å². The van der Waals surface area contributed by atoms with E-state index in [-0.39, 0.29) is 24.0 Å². The van der Waals surface area contributed by atoms with Crippen LogP contribution >= 0.6 is 35.3 Å². The van der Waals surface area contributed by atoms with E-state index in [0.717, 1.165) is 23.6 Å². The Bertz CT molecular complexity index is 825. The van der Waals surface area contributed by atoms with Crippen LogP contribution in [0.1, 0.15) is 16.7 Å². The van der Waals surface area contributed by atoms with Gasteiger partial charge in [-0.25, -0.2) is 4.98 Å². The minimum absolute atomic E-state index is 0. The molecule has 0 fully saturated rings. The van der Waals surface area contributed by atoms with Crippen molar-refractivity contribution < 1.29 is 4.74 Å². The molecule has 7 heteroatoms. The maximum absolute atomic E-state index is 5.90. The summed E-state index contributed by atoms with van der Waals surface area (Å²) in [7, 11) is 1.76. The number of aliphatic imine (C=N–C) groups is 1. The minimum atomic E-state index is 0. The van der Waals surface area contributed by atoms with E-state index >= 15 is 0 Å². The molecule has 27 heavy (non-hydrogen) atoms. The molecule has 0 amide bonds. The van der Waals surface area contributed by atoms with Gasteiger partial charge in [0.1, 0.15) is 6.61 Å². The smallest absolute Gasteiger partial charge is 0.218 e. The molecule has 1 aromatic carbocycles. The summed E-state index contributed by atoms with van der Waals surface area (Å²) in [5.74, 6) is 1.38. The van der Waals surface area contributed by atoms with Crippen molar-refractivity contribution in [1.29, 1.82) is 0 Å². The maximum atomic E-state index is 5.90. The van der Waals surface area contributed by atoms with Crippen LogP contribution < -0.4 is 15.4 Å². The molecular formula is C20H23IN4OS. The zero-order valence-corrected chi connectivity index (χ0v) is 18.2. The van der Waals surface area contributed by atoms with Crippen LogP contribution in [0.15, 0.2) is 70.5 Å². The lowest BCUT2D eigenvalue weighted by atomic mass is 10.2. The predicted octanol–water partition coefficient (Wildman–Crippen LogP) is 4.21. The average Bonchev–Trinajstić information content (AvgIpc) is 3.21. The Morgan fingerprint density at radius 3 is 2.59 bits per heavy atom. The molecule has 0 saturated heterocycles. The highest BCUT2D eigenvalue weighted by Crippen LogP contribution is 2.16. The maximum Gasteiger partial charge on any atom is 0.218 e. The molecule has 0 spiro atoms. The van der Waals surface area contributed by atoms with Gasteiger partial charge in [-0.2, -0.15) is 11.3 Å². The van der Waals surface area contributed by atoms with Gasteiger partial charge in [0.25, 0.3) is 0 Å². The first kappa shape index (κ1) is 21.2. The third-order valence-corrected chi connectivity index (χ3v) is 4.51. The first-order valence-corrected chi connectivity index (χ1v) is 9.35. The van der Waals surface area contributed by atoms with Crippen molar-refractivity contribution >= 4 is 41.3 Å². The van der Waals surface area contributed by atoms with Gasteiger partial charge in [0.15, 0.2) is 5.96 Å². The standard InChI is InChI=1S/C20H22N4OS.HI/c1-21-20(23-12-17-9-11-26-15-17)24-13-18-8-5-10-22-19(18)25-14-16-6-3-2-4-7-16;/h2-11,15H,12-14H2,1H3,(H2,21,23,24);1H. The number of thiophene rings is 1. The van der Waals surface area contributed by atoms with Gasteiger partial charge in [-0.3, -0.25) is 4.99 Å². The Morgan fingerprint density at radius 2 is 1.85 bits per heavy atom. The van der Waals surface area contributed by atoms with Crippen LogP contribution in [0.4, 0.5) is 0 Å². The molecule has 2 N–H and O–H groups in total. The van der Waals surface area contributed by atoms with E-state index in [1.807, 2.05) is 42.5 Å². The first-order valence-electron chi connectivity index (χ1n) is 8.41. The number of benzene rings is 1. The number of hydrogen-bond acceptors (Lipinski definition) is 4. The molecule has 0 bridgehead atoms. The predicted molar refractivity (Wildman–Crippen MR) is 122 cm³/mol. The monoisotopic (exact) mass is 494 g/mol. The van der Waals surface area contributed by atoms with Crippen molar-refractivity contribution in [2.24, 2.45) is 4.99 Å². The fourth-order valence-corrected chi connectivity index (χ4v) is 3.06. The number of ether oxygens (including phenoxy) is 1. The highest BCUT2D eigenvalue weighted by atomic mass is 127. The topological polar surface area (TPSA) is 58.5 Å². The number of pyridine rings is 1. The van der Waals surface area contributed by atoms with E-state index in [1.54, 1.807) is 24.6 Å². The molecule has 142 valence electrons. The van der Waals surface area contributed by atoms with Crippen LogP contribution in [-0.4, -0.2) is 18.0 Å². The average molecular weight is 494 g/mol. The fraction of sp³-hybridized carbons (Fsp3) is 0.200. The second-order valence-electron chi connectivity index (χ2n) is 5.65. The molecule has 0 aliphatic heterocycles. The number of rotatable bonds is 7. The van der Waals surface area contributed by atoms with Gasteiger partial charge >= 0.3 is 0 Å². The number of hydrogen-bond donors (Lipinski definition) is 2. The molecule has 3 rings (SSSR count). The van der Waals surface area contributed by atoms with Crippen molar-refractivity contribution in [3.63, 3.8) is 0 Å². The van der Waals surface area contributed by atoms with E-state index in [4.69, 9.17) is 4.74 Å². The van der Waals surface area contributed by atoms with Crippen LogP contribution in [-0.2, 0) is 19.7 Å². The largest absolute Gasteiger partial charge is 0.473 e. The lowest BCUT2D eigenvalue weighted by Crippen LogP contribution is -2.36. The van der Waals surface area contributed by atoms with Crippen LogP contribution in [0.5, 0.6) is 5.88 Å². The summed E-state index contributed by atoms with van der Waals surface area (Å²) in [6, 6.07) is 16.1. The molecule has 3 aromatic rings. The van der Waals surface area contributed by atoms with E-state index in [0.29, 0.717) is 19.0 Å². The molecule has 0 saturated carbocycles. The summed E-state index contributed by atoms with van der Waals surface area (Å²) >= 11 is 1.69. The Kier molecular flexibility index (Phi) is 9.06. The third-order valence-electron chi connectivity index (χ3n) is 3.78. The summed E-state index contributed by atoms with van der Waals surface area (Å²) in [5.41, 5.74) is 3.35. The number of guanidine groups is 1. The van der Waals surface area contributed by atoms with Crippen molar-refractivity contribution in [2.75, 3.05) is 7.05 Å². The molecule has 0 radical (unpaired) electrons. The zero-order chi connectivity index (χ0) is 18.0. The molecule has 0 aliphatic rings. The number of nitrogens with one attached hydrogen (secondary N) is 2. The molecule has 0 aliphatic carbocycles. The Hall–Kier alpha value is -2.13. The van der Waals surface area contributed by atoms with Gasteiger partial charge < -0.3 is 15.4 Å². The second-order valence-corrected chi connectivity index (χ2v) is 6.43. The Morgan fingerprint density at radius 1 is 1.04 bits per heavy atom. The van der Waals surface area contributed by atoms with E-state index in [1.165, 1.54) is 5.56 Å². The van der Waals surface area contributed by atoms with Crippen LogP contribution in [0.25, 0.3) is 0 Å². The van der Waals surface area contributed by atoms with Gasteiger partial charge in [0.05, 0.1) is 0 Å². The van der Waals surface area contributed by atoms with Crippen molar-refractivity contribution in [2.45, 2.75) is 19.7 Å². The SMILES string of the molecule is CN=C(NCc1ccsc1)NCc1cccnc1OCc1ccccc1.I. The fourth-order valence-electron chi connectivity index (χ4n) is 2.39. The zero-order valence-electron chi connectivity index (χ0n) is 15.1. The third kappa shape index (κ3) is 6.84. The summed E-state index contributed by atoms with van der Waals surface area (Å²) in [4.78, 5) is 8.63. The Labute approximate surface area is 180 Å². The van der Waals surface area contributed by atoms with Crippen LogP contribution in [0.2, 0.25) is 0 Å². The quantitative estimate of drug-likeness (QED) is 0.294. The number of halogens is 1. The molecule has 0 unspecified atom stereocenters. The van der Waals surface area contributed by atoms with Crippen LogP contribution in [0, 0.1) is 0 Å². The van der Waals surface area contributed by atoms with Gasteiger partial charge in [-0.1, -0.05) is 36.4 Å². The normalized spacial score (nSPS) is 10.8. The summed E-state index contributed by atoms with van der Waals surface area (Å²) in [6.45, 7) is 1.82. The molecule has 2 heterocycles. The summed E-state index contributed by atoms with van der Waals surface area (Å²) in [6.07, 6.45) is 1.74. The summed E-state index contributed by atoms with van der Waals surface area (Å²) < 4.78 is 5.90. The number of nitrogens with zero attached hydrogens (tertiary/aromatic N) is 2. The van der Waals surface area contributed by atoms with Crippen molar-refractivity contribution in [1.82, 2.24) is 15.6 Å². The molecule has 5 nitrogen and oxygen atoms in total. The highest BCUT2D eigenvalue weighted by molar-refractivity contribution is 14.0. The lowest BCUT2D eigenvalue weighted by Gasteiger charge is -2.14. The van der Waals surface area contributed by atoms with Gasteiger partial charge in [-0.05, 0) is 34.0 Å².